The van der Waals surface area contributed by atoms with Crippen LogP contribution in [0.25, 0.3) is 0 Å². The van der Waals surface area contributed by atoms with Gasteiger partial charge in [-0.1, -0.05) is 12.1 Å². The Hall–Kier alpha value is -3.06. The van der Waals surface area contributed by atoms with E-state index < -0.39 is 5.54 Å². The van der Waals surface area contributed by atoms with Crippen LogP contribution in [0, 0.1) is 0 Å². The molecule has 2 amide bonds. The summed E-state index contributed by atoms with van der Waals surface area (Å²) in [4.78, 5) is 28.9. The highest BCUT2D eigenvalue weighted by molar-refractivity contribution is 5.99. The van der Waals surface area contributed by atoms with Crippen LogP contribution in [-0.2, 0) is 22.6 Å². The van der Waals surface area contributed by atoms with Crippen LogP contribution in [0.1, 0.15) is 31.4 Å². The molecule has 2 aliphatic heterocycles. The Morgan fingerprint density at radius 1 is 1.13 bits per heavy atom. The number of nitrogens with zero attached hydrogens (tertiary/aromatic N) is 2. The number of ether oxygens (including phenoxy) is 2. The highest BCUT2D eigenvalue weighted by Gasteiger charge is 2.47. The van der Waals surface area contributed by atoms with Crippen LogP contribution >= 0.6 is 0 Å². The lowest BCUT2D eigenvalue weighted by Gasteiger charge is -2.49. The number of benzene rings is 2. The molecule has 2 aromatic carbocycles. The highest BCUT2D eigenvalue weighted by Crippen LogP contribution is 2.38. The van der Waals surface area contributed by atoms with Gasteiger partial charge in [-0.25, -0.2) is 0 Å². The number of carbonyl (C=O) groups is 2. The molecule has 0 aliphatic carbocycles. The van der Waals surface area contributed by atoms with Crippen LogP contribution in [0.2, 0.25) is 0 Å². The highest BCUT2D eigenvalue weighted by atomic mass is 16.5. The average molecular weight is 424 g/mol. The first-order valence-corrected chi connectivity index (χ1v) is 10.5. The molecule has 31 heavy (non-hydrogen) atoms. The second-order valence-corrected chi connectivity index (χ2v) is 8.32. The SMILES string of the molecule is COc1cccc(CN2CCC2(C)C(=O)Nc2ccc3c(c2)CCN3C(C)=O)c1OC. The number of rotatable bonds is 6. The summed E-state index contributed by atoms with van der Waals surface area (Å²) in [5, 5.41) is 3.09. The van der Waals surface area contributed by atoms with Crippen molar-refractivity contribution >= 4 is 23.2 Å². The number of anilines is 2. The summed E-state index contributed by atoms with van der Waals surface area (Å²) in [7, 11) is 3.25. The van der Waals surface area contributed by atoms with E-state index in [4.69, 9.17) is 9.47 Å². The van der Waals surface area contributed by atoms with E-state index >= 15 is 0 Å². The molecule has 1 N–H and O–H groups in total. The molecule has 164 valence electrons. The maximum Gasteiger partial charge on any atom is 0.244 e. The van der Waals surface area contributed by atoms with E-state index in [1.807, 2.05) is 43.3 Å². The number of hydrogen-bond donors (Lipinski definition) is 1. The third-order valence-corrected chi connectivity index (χ3v) is 6.51. The zero-order valence-electron chi connectivity index (χ0n) is 18.5. The Labute approximate surface area is 182 Å². The molecule has 2 heterocycles. The van der Waals surface area contributed by atoms with Crippen molar-refractivity contribution < 1.29 is 19.1 Å². The van der Waals surface area contributed by atoms with Gasteiger partial charge in [0, 0.05) is 43.5 Å². The number of nitrogens with one attached hydrogen (secondary N) is 1. The minimum absolute atomic E-state index is 0.0259. The van der Waals surface area contributed by atoms with Crippen LogP contribution in [0.15, 0.2) is 36.4 Å². The number of methoxy groups -OCH3 is 2. The lowest BCUT2D eigenvalue weighted by atomic mass is 9.85. The summed E-state index contributed by atoms with van der Waals surface area (Å²) in [6.07, 6.45) is 1.59. The molecular weight excluding hydrogens is 394 g/mol. The van der Waals surface area contributed by atoms with Crippen LogP contribution in [-0.4, -0.2) is 49.6 Å². The monoisotopic (exact) mass is 423 g/mol. The Morgan fingerprint density at radius 3 is 2.58 bits per heavy atom. The third kappa shape index (κ3) is 3.74. The van der Waals surface area contributed by atoms with Crippen LogP contribution in [0.4, 0.5) is 11.4 Å². The van der Waals surface area contributed by atoms with Crippen LogP contribution in [0.5, 0.6) is 11.5 Å². The zero-order valence-corrected chi connectivity index (χ0v) is 18.5. The molecule has 0 saturated carbocycles. The Kier molecular flexibility index (Phi) is 5.62. The van der Waals surface area contributed by atoms with E-state index in [0.29, 0.717) is 24.6 Å². The first-order valence-electron chi connectivity index (χ1n) is 10.5. The topological polar surface area (TPSA) is 71.1 Å². The summed E-state index contributed by atoms with van der Waals surface area (Å²) < 4.78 is 10.9. The average Bonchev–Trinajstić information content (AvgIpc) is 3.19. The van der Waals surface area contributed by atoms with Gasteiger partial charge in [0.15, 0.2) is 11.5 Å². The van der Waals surface area contributed by atoms with Gasteiger partial charge >= 0.3 is 0 Å². The van der Waals surface area contributed by atoms with Crippen molar-refractivity contribution in [2.45, 2.75) is 38.8 Å². The Bertz CT molecular complexity index is 1020. The number of fused-ring (bicyclic) bond motifs is 1. The molecule has 0 spiro atoms. The summed E-state index contributed by atoms with van der Waals surface area (Å²) in [6.45, 7) is 5.68. The predicted octanol–water partition coefficient (Wildman–Crippen LogP) is 3.22. The number of likely N-dealkylation sites (tertiary alicyclic amines) is 1. The molecule has 2 aromatic rings. The molecular formula is C24H29N3O4. The fourth-order valence-electron chi connectivity index (χ4n) is 4.47. The van der Waals surface area contributed by atoms with Gasteiger partial charge in [0.05, 0.1) is 19.8 Å². The minimum atomic E-state index is -0.599. The fraction of sp³-hybridized carbons (Fsp3) is 0.417. The quantitative estimate of drug-likeness (QED) is 0.773. The normalized spacial score (nSPS) is 20.1. The van der Waals surface area contributed by atoms with Gasteiger partial charge in [0.1, 0.15) is 0 Å². The molecule has 1 atom stereocenters. The minimum Gasteiger partial charge on any atom is -0.493 e. The van der Waals surface area contributed by atoms with Crippen molar-refractivity contribution in [3.8, 4) is 11.5 Å². The van der Waals surface area contributed by atoms with Gasteiger partial charge in [-0.05, 0) is 49.6 Å². The molecule has 0 radical (unpaired) electrons. The van der Waals surface area contributed by atoms with Gasteiger partial charge in [-0.15, -0.1) is 0 Å². The molecule has 1 fully saturated rings. The van der Waals surface area contributed by atoms with E-state index in [0.717, 1.165) is 41.9 Å². The first kappa shape index (κ1) is 21.2. The van der Waals surface area contributed by atoms with Crippen molar-refractivity contribution in [2.24, 2.45) is 0 Å². The van der Waals surface area contributed by atoms with E-state index in [-0.39, 0.29) is 11.8 Å². The molecule has 0 aromatic heterocycles. The summed E-state index contributed by atoms with van der Waals surface area (Å²) >= 11 is 0. The van der Waals surface area contributed by atoms with Crippen molar-refractivity contribution in [1.82, 2.24) is 4.90 Å². The molecule has 7 heteroatoms. The Balaban J connectivity index is 1.48. The third-order valence-electron chi connectivity index (χ3n) is 6.51. The van der Waals surface area contributed by atoms with E-state index in [2.05, 4.69) is 10.2 Å². The zero-order chi connectivity index (χ0) is 22.2. The van der Waals surface area contributed by atoms with Gasteiger partial charge in [-0.3, -0.25) is 14.5 Å². The first-order chi connectivity index (χ1) is 14.9. The number of amides is 2. The Morgan fingerprint density at radius 2 is 1.94 bits per heavy atom. The number of carbonyl (C=O) groups excluding carboxylic acids is 2. The maximum absolute atomic E-state index is 13.2. The summed E-state index contributed by atoms with van der Waals surface area (Å²) in [5.74, 6) is 1.40. The molecule has 7 nitrogen and oxygen atoms in total. The largest absolute Gasteiger partial charge is 0.493 e. The molecule has 0 bridgehead atoms. The van der Waals surface area contributed by atoms with Gasteiger partial charge in [0.25, 0.3) is 0 Å². The molecule has 4 rings (SSSR count). The molecule has 1 unspecified atom stereocenters. The van der Waals surface area contributed by atoms with Crippen molar-refractivity contribution in [3.05, 3.63) is 47.5 Å². The van der Waals surface area contributed by atoms with Gasteiger partial charge < -0.3 is 19.7 Å². The van der Waals surface area contributed by atoms with Gasteiger partial charge in [0.2, 0.25) is 11.8 Å². The lowest BCUT2D eigenvalue weighted by molar-refractivity contribution is -0.136. The summed E-state index contributed by atoms with van der Waals surface area (Å²) in [6, 6.07) is 11.6. The van der Waals surface area contributed by atoms with Crippen molar-refractivity contribution in [3.63, 3.8) is 0 Å². The summed E-state index contributed by atoms with van der Waals surface area (Å²) in [5.41, 5.74) is 3.18. The number of para-hydroxylation sites is 1. The van der Waals surface area contributed by atoms with Crippen LogP contribution < -0.4 is 19.7 Å². The fourth-order valence-corrected chi connectivity index (χ4v) is 4.47. The number of hydrogen-bond acceptors (Lipinski definition) is 5. The van der Waals surface area contributed by atoms with E-state index in [1.165, 1.54) is 0 Å². The molecule has 2 aliphatic rings. The van der Waals surface area contributed by atoms with Gasteiger partial charge in [-0.2, -0.15) is 0 Å². The molecule has 1 saturated heterocycles. The van der Waals surface area contributed by atoms with E-state index in [9.17, 15) is 9.59 Å². The standard InChI is InChI=1S/C24H29N3O4/c1-16(28)27-12-10-17-14-19(8-9-20(17)27)25-23(29)24(2)11-13-26(24)15-18-6-5-7-21(30-3)22(18)31-4/h5-9,14H,10-13,15H2,1-4H3,(H,25,29). The lowest BCUT2D eigenvalue weighted by Crippen LogP contribution is -2.63. The maximum atomic E-state index is 13.2. The van der Waals surface area contributed by atoms with Crippen molar-refractivity contribution in [1.29, 1.82) is 0 Å². The second-order valence-electron chi connectivity index (χ2n) is 8.32. The van der Waals surface area contributed by atoms with Crippen molar-refractivity contribution in [2.75, 3.05) is 37.5 Å². The van der Waals surface area contributed by atoms with Crippen LogP contribution in [0.3, 0.4) is 0 Å². The predicted molar refractivity (Wildman–Crippen MR) is 120 cm³/mol. The smallest absolute Gasteiger partial charge is 0.244 e. The second kappa shape index (κ2) is 8.23. The van der Waals surface area contributed by atoms with E-state index in [1.54, 1.807) is 26.0 Å².